The van der Waals surface area contributed by atoms with E-state index in [1.165, 1.54) is 38.1 Å². The Hall–Kier alpha value is -3.74. The first kappa shape index (κ1) is 37.1. The molecule has 15 heteroatoms. The van der Waals surface area contributed by atoms with Gasteiger partial charge in [-0.2, -0.15) is 0 Å². The molecule has 4 N–H and O–H groups in total. The van der Waals surface area contributed by atoms with Crippen LogP contribution in [0.4, 0.5) is 0 Å². The molecular formula is C33H27BrCl4N2O8. The fourth-order valence-electron chi connectivity index (χ4n) is 4.69. The zero-order valence-electron chi connectivity index (χ0n) is 25.2. The highest BCUT2D eigenvalue weighted by Crippen LogP contribution is 2.42. The molecule has 0 bridgehead atoms. The largest absolute Gasteiger partial charge is 0.501 e. The fraction of sp³-hybridized carbons (Fsp3) is 0.212. The molecule has 0 aromatic heterocycles. The SMILES string of the molecule is CC1(c2cc(Cl)ccc2Cl)OC(NC(=O)CCCBr)=C(O)C1=O.CC1(c2cc(Cl)ccc2Cl)OC(NC(=O)c2ccccc2)=C(O)C1=O. The van der Waals surface area contributed by atoms with Gasteiger partial charge in [-0.3, -0.25) is 29.8 Å². The van der Waals surface area contributed by atoms with E-state index in [1.807, 2.05) is 0 Å². The summed E-state index contributed by atoms with van der Waals surface area (Å²) in [5.74, 6) is -4.21. The molecular weight excluding hydrogens is 774 g/mol. The van der Waals surface area contributed by atoms with E-state index in [9.17, 15) is 29.4 Å². The first-order valence-corrected chi connectivity index (χ1v) is 16.7. The fourth-order valence-corrected chi connectivity index (χ4v) is 5.91. The summed E-state index contributed by atoms with van der Waals surface area (Å²) in [5, 5.41) is 26.8. The van der Waals surface area contributed by atoms with Crippen LogP contribution in [-0.2, 0) is 35.1 Å². The first-order valence-electron chi connectivity index (χ1n) is 14.1. The van der Waals surface area contributed by atoms with Gasteiger partial charge in [-0.25, -0.2) is 0 Å². The molecule has 0 fully saturated rings. The number of carbonyl (C=O) groups excluding carboxylic acids is 4. The second-order valence-corrected chi connectivity index (χ2v) is 13.2. The van der Waals surface area contributed by atoms with Crippen molar-refractivity contribution in [2.75, 3.05) is 5.33 Å². The summed E-state index contributed by atoms with van der Waals surface area (Å²) < 4.78 is 11.1. The minimum atomic E-state index is -1.59. The summed E-state index contributed by atoms with van der Waals surface area (Å²) in [6.45, 7) is 2.91. The number of hydrogen-bond acceptors (Lipinski definition) is 8. The van der Waals surface area contributed by atoms with E-state index in [0.29, 0.717) is 38.5 Å². The van der Waals surface area contributed by atoms with Crippen molar-refractivity contribution in [3.8, 4) is 0 Å². The smallest absolute Gasteiger partial charge is 0.258 e. The van der Waals surface area contributed by atoms with E-state index in [4.69, 9.17) is 55.9 Å². The van der Waals surface area contributed by atoms with Gasteiger partial charge in [-0.15, -0.1) is 0 Å². The molecule has 0 saturated heterocycles. The molecule has 3 aromatic carbocycles. The van der Waals surface area contributed by atoms with Crippen molar-refractivity contribution in [1.29, 1.82) is 0 Å². The first-order chi connectivity index (χ1) is 22.6. The summed E-state index contributed by atoms with van der Waals surface area (Å²) in [7, 11) is 0. The van der Waals surface area contributed by atoms with E-state index in [-0.39, 0.29) is 34.1 Å². The third kappa shape index (κ3) is 7.76. The predicted molar refractivity (Wildman–Crippen MR) is 184 cm³/mol. The lowest BCUT2D eigenvalue weighted by Crippen LogP contribution is -2.32. The Morgan fingerprint density at radius 2 is 1.21 bits per heavy atom. The maximum atomic E-state index is 12.5. The van der Waals surface area contributed by atoms with Crippen LogP contribution in [0.25, 0.3) is 0 Å². The van der Waals surface area contributed by atoms with Crippen molar-refractivity contribution < 1.29 is 38.9 Å². The van der Waals surface area contributed by atoms with Gasteiger partial charge >= 0.3 is 0 Å². The van der Waals surface area contributed by atoms with Gasteiger partial charge < -0.3 is 19.7 Å². The van der Waals surface area contributed by atoms with Gasteiger partial charge in [-0.1, -0.05) is 80.5 Å². The minimum absolute atomic E-state index is 0.230. The number of aliphatic hydroxyl groups is 2. The summed E-state index contributed by atoms with van der Waals surface area (Å²) in [5.41, 5.74) is -2.18. The third-order valence-electron chi connectivity index (χ3n) is 7.28. The van der Waals surface area contributed by atoms with Gasteiger partial charge in [0, 0.05) is 48.5 Å². The van der Waals surface area contributed by atoms with Gasteiger partial charge in [0.15, 0.2) is 0 Å². The zero-order chi connectivity index (χ0) is 35.4. The average molecular weight is 801 g/mol. The molecule has 5 rings (SSSR count). The van der Waals surface area contributed by atoms with Crippen LogP contribution in [0.15, 0.2) is 90.0 Å². The monoisotopic (exact) mass is 798 g/mol. The molecule has 3 aromatic rings. The van der Waals surface area contributed by atoms with Gasteiger partial charge in [0.1, 0.15) is 0 Å². The molecule has 0 radical (unpaired) electrons. The minimum Gasteiger partial charge on any atom is -0.501 e. The Balaban J connectivity index is 0.000000218. The number of nitrogens with one attached hydrogen (secondary N) is 2. The molecule has 2 heterocycles. The number of Topliss-reactive ketones (excluding diaryl/α,β-unsaturated/α-hetero) is 2. The van der Waals surface area contributed by atoms with Crippen LogP contribution in [0.5, 0.6) is 0 Å². The molecule has 0 saturated carbocycles. The van der Waals surface area contributed by atoms with E-state index < -0.39 is 40.2 Å². The van der Waals surface area contributed by atoms with E-state index >= 15 is 0 Å². The molecule has 2 aliphatic rings. The highest BCUT2D eigenvalue weighted by molar-refractivity contribution is 9.09. The number of aliphatic hydroxyl groups excluding tert-OH is 2. The van der Waals surface area contributed by atoms with Crippen LogP contribution >= 0.6 is 62.3 Å². The lowest BCUT2D eigenvalue weighted by molar-refractivity contribution is -0.133. The third-order valence-corrected chi connectivity index (χ3v) is 8.97. The molecule has 2 atom stereocenters. The van der Waals surface area contributed by atoms with Crippen molar-refractivity contribution >= 4 is 85.7 Å². The molecule has 252 valence electrons. The predicted octanol–water partition coefficient (Wildman–Crippen LogP) is 7.79. The van der Waals surface area contributed by atoms with E-state index in [0.717, 1.165) is 0 Å². The van der Waals surface area contributed by atoms with Crippen LogP contribution in [-0.4, -0.2) is 38.9 Å². The van der Waals surface area contributed by atoms with Crippen LogP contribution in [0.3, 0.4) is 0 Å². The number of hydrogen-bond donors (Lipinski definition) is 4. The van der Waals surface area contributed by atoms with E-state index in [2.05, 4.69) is 26.6 Å². The molecule has 2 amide bonds. The maximum absolute atomic E-state index is 12.5. The van der Waals surface area contributed by atoms with Crippen molar-refractivity contribution in [3.63, 3.8) is 0 Å². The highest BCUT2D eigenvalue weighted by Gasteiger charge is 2.50. The molecule has 10 nitrogen and oxygen atoms in total. The lowest BCUT2D eigenvalue weighted by Gasteiger charge is -2.24. The van der Waals surface area contributed by atoms with Gasteiger partial charge in [0.2, 0.25) is 40.4 Å². The van der Waals surface area contributed by atoms with Gasteiger partial charge in [0.25, 0.3) is 17.5 Å². The van der Waals surface area contributed by atoms with Crippen molar-refractivity contribution in [3.05, 3.63) is 127 Å². The summed E-state index contributed by atoms with van der Waals surface area (Å²) >= 11 is 27.4. The lowest BCUT2D eigenvalue weighted by atomic mass is 9.91. The molecule has 0 aliphatic carbocycles. The number of ether oxygens (including phenoxy) is 2. The molecule has 2 aliphatic heterocycles. The topological polar surface area (TPSA) is 151 Å². The molecule has 0 spiro atoms. The number of carbonyl (C=O) groups is 4. The number of alkyl halides is 1. The van der Waals surface area contributed by atoms with Crippen LogP contribution in [0, 0.1) is 0 Å². The van der Waals surface area contributed by atoms with Crippen molar-refractivity contribution in [2.45, 2.75) is 37.9 Å². The highest BCUT2D eigenvalue weighted by atomic mass is 79.9. The van der Waals surface area contributed by atoms with Crippen molar-refractivity contribution in [2.24, 2.45) is 0 Å². The Kier molecular flexibility index (Phi) is 11.8. The average Bonchev–Trinajstić information content (AvgIpc) is 3.42. The Bertz CT molecular complexity index is 1850. The van der Waals surface area contributed by atoms with Crippen LogP contribution in [0.2, 0.25) is 20.1 Å². The molecule has 2 unspecified atom stereocenters. The normalized spacial score (nSPS) is 20.1. The quantitative estimate of drug-likeness (QED) is 0.169. The van der Waals surface area contributed by atoms with Gasteiger partial charge in [-0.05, 0) is 68.8 Å². The Morgan fingerprint density at radius 1 is 0.750 bits per heavy atom. The number of rotatable bonds is 8. The summed E-state index contributed by atoms with van der Waals surface area (Å²) in [4.78, 5) is 48.9. The summed E-state index contributed by atoms with van der Waals surface area (Å²) in [6.07, 6.45) is 0.847. The summed E-state index contributed by atoms with van der Waals surface area (Å²) in [6, 6.07) is 17.5. The van der Waals surface area contributed by atoms with Crippen LogP contribution in [0.1, 0.15) is 48.2 Å². The van der Waals surface area contributed by atoms with Gasteiger partial charge in [0.05, 0.1) is 0 Å². The second-order valence-electron chi connectivity index (χ2n) is 10.7. The Morgan fingerprint density at radius 3 is 1.67 bits per heavy atom. The second kappa shape index (κ2) is 15.2. The van der Waals surface area contributed by atoms with Crippen molar-refractivity contribution in [1.82, 2.24) is 10.6 Å². The zero-order valence-corrected chi connectivity index (χ0v) is 29.8. The molecule has 48 heavy (non-hydrogen) atoms. The number of amides is 2. The number of halogens is 5. The Labute approximate surface area is 303 Å². The maximum Gasteiger partial charge on any atom is 0.258 e. The van der Waals surface area contributed by atoms with Crippen LogP contribution < -0.4 is 10.6 Å². The standard InChI is InChI=1S/C18H13Cl2NO4.C15H14BrCl2NO4/c1-18(12-9-11(19)7-8-13(12)20)15(23)14(22)17(25-18)21-16(24)10-5-3-2-4-6-10;1-15(9-7-8(17)4-5-10(9)18)13(22)12(21)14(23-15)19-11(20)3-2-6-16/h2-9,22H,1H3,(H,21,24);4-5,7,21H,2-3,6H2,1H3,(H,19,20). The number of ketones is 2. The number of benzene rings is 3. The van der Waals surface area contributed by atoms with E-state index in [1.54, 1.807) is 42.5 Å².